The Morgan fingerprint density at radius 3 is 2.65 bits per heavy atom. The molecule has 1 aromatic heterocycles. The van der Waals surface area contributed by atoms with E-state index in [1.54, 1.807) is 18.2 Å². The van der Waals surface area contributed by atoms with Gasteiger partial charge in [0.05, 0.1) is 15.4 Å². The average Bonchev–Trinajstić information content (AvgIpc) is 3.00. The highest BCUT2D eigenvalue weighted by Gasteiger charge is 2.18. The molecule has 1 aromatic carbocycles. The lowest BCUT2D eigenvalue weighted by molar-refractivity contribution is 0.101. The van der Waals surface area contributed by atoms with Gasteiger partial charge in [0.15, 0.2) is 5.78 Å². The summed E-state index contributed by atoms with van der Waals surface area (Å²) < 4.78 is 14.5. The quantitative estimate of drug-likeness (QED) is 0.830. The minimum Gasteiger partial charge on any atom is -0.319 e. The Labute approximate surface area is 143 Å². The van der Waals surface area contributed by atoms with Gasteiger partial charge in [0.1, 0.15) is 5.82 Å². The standard InChI is InChI=1S/C16H15FN2O2S.ClH/c1-9(20)13-4-5-14(22-13)16(21)19-12-3-2-10-8-18-7-6-11(10)15(12)17;/h2-5,18H,6-8H2,1H3,(H,19,21);1H. The molecule has 0 fully saturated rings. The number of ketones is 1. The van der Waals surface area contributed by atoms with E-state index in [1.807, 2.05) is 6.07 Å². The third kappa shape index (κ3) is 3.60. The highest BCUT2D eigenvalue weighted by atomic mass is 35.5. The number of halogens is 2. The summed E-state index contributed by atoms with van der Waals surface area (Å²) in [6.45, 7) is 2.83. The number of amides is 1. The maximum atomic E-state index is 14.5. The number of hydrogen-bond acceptors (Lipinski definition) is 4. The molecule has 0 bridgehead atoms. The van der Waals surface area contributed by atoms with Gasteiger partial charge in [-0.3, -0.25) is 9.59 Å². The molecule has 0 atom stereocenters. The number of carbonyl (C=O) groups excluding carboxylic acids is 2. The summed E-state index contributed by atoms with van der Waals surface area (Å²) in [7, 11) is 0. The van der Waals surface area contributed by atoms with Crippen LogP contribution in [0.15, 0.2) is 24.3 Å². The van der Waals surface area contributed by atoms with E-state index in [2.05, 4.69) is 10.6 Å². The molecule has 0 unspecified atom stereocenters. The first-order valence-electron chi connectivity index (χ1n) is 6.99. The second kappa shape index (κ2) is 7.21. The predicted octanol–water partition coefficient (Wildman–Crippen LogP) is 3.41. The maximum absolute atomic E-state index is 14.5. The molecule has 122 valence electrons. The molecule has 2 heterocycles. The fourth-order valence-corrected chi connectivity index (χ4v) is 3.26. The number of nitrogens with one attached hydrogen (secondary N) is 2. The summed E-state index contributed by atoms with van der Waals surface area (Å²) in [4.78, 5) is 24.4. The number of benzene rings is 1. The first kappa shape index (κ1) is 17.6. The van der Waals surface area contributed by atoms with Crippen molar-refractivity contribution in [1.82, 2.24) is 5.32 Å². The minimum atomic E-state index is -0.398. The van der Waals surface area contributed by atoms with Crippen LogP contribution < -0.4 is 10.6 Å². The zero-order valence-electron chi connectivity index (χ0n) is 12.4. The third-order valence-electron chi connectivity index (χ3n) is 3.63. The van der Waals surface area contributed by atoms with Crippen LogP contribution in [0.4, 0.5) is 10.1 Å². The molecule has 1 amide bonds. The maximum Gasteiger partial charge on any atom is 0.265 e. The van der Waals surface area contributed by atoms with Crippen LogP contribution in [0, 0.1) is 5.82 Å². The normalized spacial score (nSPS) is 13.0. The van der Waals surface area contributed by atoms with Crippen molar-refractivity contribution in [3.8, 4) is 0 Å². The van der Waals surface area contributed by atoms with E-state index in [-0.39, 0.29) is 29.7 Å². The van der Waals surface area contributed by atoms with Gasteiger partial charge in [-0.15, -0.1) is 23.7 Å². The zero-order valence-corrected chi connectivity index (χ0v) is 14.1. The average molecular weight is 355 g/mol. The lowest BCUT2D eigenvalue weighted by Crippen LogP contribution is -2.25. The second-order valence-corrected chi connectivity index (χ2v) is 6.25. The van der Waals surface area contributed by atoms with E-state index in [0.29, 0.717) is 28.3 Å². The molecule has 2 N–H and O–H groups in total. The monoisotopic (exact) mass is 354 g/mol. The van der Waals surface area contributed by atoms with Crippen molar-refractivity contribution in [3.05, 3.63) is 51.0 Å². The van der Waals surface area contributed by atoms with Crippen molar-refractivity contribution < 1.29 is 14.0 Å². The van der Waals surface area contributed by atoms with Crippen molar-refractivity contribution in [2.24, 2.45) is 0 Å². The molecule has 0 spiro atoms. The first-order valence-corrected chi connectivity index (χ1v) is 7.81. The van der Waals surface area contributed by atoms with Crippen LogP contribution in [-0.4, -0.2) is 18.2 Å². The summed E-state index contributed by atoms with van der Waals surface area (Å²) in [6, 6.07) is 6.60. The Bertz CT molecular complexity index is 761. The Morgan fingerprint density at radius 2 is 1.96 bits per heavy atom. The largest absolute Gasteiger partial charge is 0.319 e. The van der Waals surface area contributed by atoms with E-state index in [1.165, 1.54) is 6.92 Å². The smallest absolute Gasteiger partial charge is 0.265 e. The van der Waals surface area contributed by atoms with Crippen LogP contribution >= 0.6 is 23.7 Å². The number of hydrogen-bond donors (Lipinski definition) is 2. The molecule has 0 aliphatic carbocycles. The number of anilines is 1. The zero-order chi connectivity index (χ0) is 15.7. The van der Waals surface area contributed by atoms with Crippen molar-refractivity contribution in [1.29, 1.82) is 0 Å². The van der Waals surface area contributed by atoms with Crippen molar-refractivity contribution in [2.75, 3.05) is 11.9 Å². The summed E-state index contributed by atoms with van der Waals surface area (Å²) in [6.07, 6.45) is 0.609. The van der Waals surface area contributed by atoms with Crippen LogP contribution in [0.1, 0.15) is 37.4 Å². The molecule has 0 saturated carbocycles. The highest BCUT2D eigenvalue weighted by molar-refractivity contribution is 7.16. The van der Waals surface area contributed by atoms with Gasteiger partial charge in [-0.05, 0) is 49.2 Å². The van der Waals surface area contributed by atoms with Crippen LogP contribution in [0.2, 0.25) is 0 Å². The number of fused-ring (bicyclic) bond motifs is 1. The topological polar surface area (TPSA) is 58.2 Å². The third-order valence-corrected chi connectivity index (χ3v) is 4.82. The molecular weight excluding hydrogens is 339 g/mol. The van der Waals surface area contributed by atoms with E-state index < -0.39 is 5.91 Å². The van der Waals surface area contributed by atoms with Gasteiger partial charge in [-0.25, -0.2) is 4.39 Å². The Kier molecular flexibility index (Phi) is 5.51. The van der Waals surface area contributed by atoms with Crippen LogP contribution in [-0.2, 0) is 13.0 Å². The van der Waals surface area contributed by atoms with Gasteiger partial charge in [0, 0.05) is 6.54 Å². The van der Waals surface area contributed by atoms with Gasteiger partial charge < -0.3 is 10.6 Å². The van der Waals surface area contributed by atoms with Crippen LogP contribution in [0.3, 0.4) is 0 Å². The van der Waals surface area contributed by atoms with Gasteiger partial charge in [0.2, 0.25) is 0 Å². The Hall–Kier alpha value is -1.76. The number of rotatable bonds is 3. The second-order valence-electron chi connectivity index (χ2n) is 5.17. The van der Waals surface area contributed by atoms with Gasteiger partial charge in [0.25, 0.3) is 5.91 Å². The van der Waals surface area contributed by atoms with Gasteiger partial charge in [-0.2, -0.15) is 0 Å². The van der Waals surface area contributed by atoms with Crippen LogP contribution in [0.25, 0.3) is 0 Å². The molecule has 0 saturated heterocycles. The molecule has 1 aliphatic rings. The fourth-order valence-electron chi connectivity index (χ4n) is 2.46. The predicted molar refractivity (Wildman–Crippen MR) is 91.3 cm³/mol. The summed E-state index contributed by atoms with van der Waals surface area (Å²) >= 11 is 1.11. The fraction of sp³-hybridized carbons (Fsp3) is 0.250. The molecule has 23 heavy (non-hydrogen) atoms. The Balaban J connectivity index is 0.00000192. The van der Waals surface area contributed by atoms with E-state index in [4.69, 9.17) is 0 Å². The number of Topliss-reactive ketones (excluding diaryl/α,β-unsaturated/α-hetero) is 1. The molecular formula is C16H16ClFN2O2S. The highest BCUT2D eigenvalue weighted by Crippen LogP contribution is 2.26. The molecule has 2 aromatic rings. The summed E-state index contributed by atoms with van der Waals surface area (Å²) in [5, 5.41) is 5.78. The lowest BCUT2D eigenvalue weighted by atomic mass is 9.99. The van der Waals surface area contributed by atoms with Crippen molar-refractivity contribution in [2.45, 2.75) is 19.9 Å². The summed E-state index contributed by atoms with van der Waals surface area (Å²) in [5.74, 6) is -0.850. The van der Waals surface area contributed by atoms with Gasteiger partial charge >= 0.3 is 0 Å². The Morgan fingerprint density at radius 1 is 1.22 bits per heavy atom. The molecule has 1 aliphatic heterocycles. The molecule has 0 radical (unpaired) electrons. The number of carbonyl (C=O) groups is 2. The molecule has 3 rings (SSSR count). The summed E-state index contributed by atoms with van der Waals surface area (Å²) in [5.41, 5.74) is 1.77. The van der Waals surface area contributed by atoms with E-state index in [9.17, 15) is 14.0 Å². The molecule has 4 nitrogen and oxygen atoms in total. The van der Waals surface area contributed by atoms with Gasteiger partial charge in [-0.1, -0.05) is 6.07 Å². The van der Waals surface area contributed by atoms with E-state index >= 15 is 0 Å². The SMILES string of the molecule is CC(=O)c1ccc(C(=O)Nc2ccc3c(c2F)CCNC3)s1.Cl. The van der Waals surface area contributed by atoms with E-state index in [0.717, 1.165) is 23.4 Å². The lowest BCUT2D eigenvalue weighted by Gasteiger charge is -2.19. The van der Waals surface area contributed by atoms with Crippen molar-refractivity contribution in [3.63, 3.8) is 0 Å². The molecule has 7 heteroatoms. The first-order chi connectivity index (χ1) is 10.6. The van der Waals surface area contributed by atoms with Crippen LogP contribution in [0.5, 0.6) is 0 Å². The number of thiophene rings is 1. The van der Waals surface area contributed by atoms with Crippen molar-refractivity contribution >= 4 is 41.1 Å². The minimum absolute atomic E-state index is 0.